The molecule has 1 aliphatic rings. The maximum Gasteiger partial charge on any atom is 0.305 e. The average molecular weight is 991 g/mol. The van der Waals surface area contributed by atoms with Crippen LogP contribution in [0.25, 0.3) is 0 Å². The molecule has 11 nitrogen and oxygen atoms in total. The highest BCUT2D eigenvalue weighted by Gasteiger charge is 2.44. The van der Waals surface area contributed by atoms with Gasteiger partial charge in [0, 0.05) is 12.8 Å². The van der Waals surface area contributed by atoms with Crippen LogP contribution in [-0.2, 0) is 23.8 Å². The number of allylic oxidation sites excluding steroid dienone is 6. The lowest BCUT2D eigenvalue weighted by Crippen LogP contribution is -2.60. The molecule has 1 fully saturated rings. The van der Waals surface area contributed by atoms with Crippen LogP contribution in [0.15, 0.2) is 48.6 Å². The molecule has 0 aromatic carbocycles. The molecule has 0 saturated carbocycles. The molecule has 0 bridgehead atoms. The Kier molecular flexibility index (Phi) is 45.8. The number of aliphatic hydroxyl groups is 5. The number of hydrogen-bond acceptors (Lipinski definition) is 10. The number of carbonyl (C=O) groups is 2. The number of aliphatic hydroxyl groups excluding tert-OH is 5. The van der Waals surface area contributed by atoms with E-state index in [1.807, 2.05) is 6.08 Å². The minimum atomic E-state index is -1.58. The summed E-state index contributed by atoms with van der Waals surface area (Å²) < 4.78 is 16.6. The first-order valence-electron chi connectivity index (χ1n) is 28.9. The van der Waals surface area contributed by atoms with Crippen molar-refractivity contribution in [1.29, 1.82) is 0 Å². The number of hydrogen-bond donors (Lipinski definition) is 6. The summed E-state index contributed by atoms with van der Waals surface area (Å²) in [4.78, 5) is 25.0. The van der Waals surface area contributed by atoms with Crippen LogP contribution in [-0.4, -0.2) is 100 Å². The molecular weight excluding hydrogens is 883 g/mol. The van der Waals surface area contributed by atoms with E-state index in [4.69, 9.17) is 14.2 Å². The number of unbranched alkanes of at least 4 members (excludes halogenated alkanes) is 29. The maximum absolute atomic E-state index is 13.0. The molecule has 1 rings (SSSR count). The third-order valence-corrected chi connectivity index (χ3v) is 13.4. The molecule has 7 unspecified atom stereocenters. The van der Waals surface area contributed by atoms with E-state index in [0.29, 0.717) is 19.4 Å². The number of carbonyl (C=O) groups excluding carboxylic acids is 2. The van der Waals surface area contributed by atoms with Crippen LogP contribution < -0.4 is 5.32 Å². The lowest BCUT2D eigenvalue weighted by molar-refractivity contribution is -0.302. The first-order chi connectivity index (χ1) is 34.2. The Labute approximate surface area is 427 Å². The molecule has 6 N–H and O–H groups in total. The zero-order chi connectivity index (χ0) is 51.0. The van der Waals surface area contributed by atoms with E-state index in [0.717, 1.165) is 77.0 Å². The second-order valence-corrected chi connectivity index (χ2v) is 20.0. The summed E-state index contributed by atoms with van der Waals surface area (Å²) in [6, 6.07) is -0.830. The molecule has 0 aromatic rings. The molecule has 1 aliphatic heterocycles. The summed E-state index contributed by atoms with van der Waals surface area (Å²) in [5, 5.41) is 54.1. The Balaban J connectivity index is 2.06. The van der Waals surface area contributed by atoms with Crippen LogP contribution in [0.3, 0.4) is 0 Å². The zero-order valence-electron chi connectivity index (χ0n) is 44.7. The van der Waals surface area contributed by atoms with Crippen LogP contribution in [0.1, 0.15) is 251 Å². The van der Waals surface area contributed by atoms with Crippen molar-refractivity contribution in [2.24, 2.45) is 0 Å². The third kappa shape index (κ3) is 38.3. The summed E-state index contributed by atoms with van der Waals surface area (Å²) in [5.41, 5.74) is 0. The van der Waals surface area contributed by atoms with E-state index in [1.165, 1.54) is 148 Å². The number of esters is 1. The smallest absolute Gasteiger partial charge is 0.305 e. The number of amides is 1. The first-order valence-corrected chi connectivity index (χ1v) is 28.9. The number of rotatable bonds is 49. The van der Waals surface area contributed by atoms with Crippen molar-refractivity contribution in [3.8, 4) is 0 Å². The maximum atomic E-state index is 13.0. The summed E-state index contributed by atoms with van der Waals surface area (Å²) in [6.07, 6.45) is 50.9. The molecule has 7 atom stereocenters. The minimum absolute atomic E-state index is 0.0489. The second-order valence-electron chi connectivity index (χ2n) is 20.0. The molecule has 408 valence electrons. The van der Waals surface area contributed by atoms with Crippen molar-refractivity contribution in [1.82, 2.24) is 5.32 Å². The van der Waals surface area contributed by atoms with Crippen molar-refractivity contribution in [3.05, 3.63) is 48.6 Å². The van der Waals surface area contributed by atoms with Gasteiger partial charge >= 0.3 is 5.97 Å². The largest absolute Gasteiger partial charge is 0.465 e. The normalized spacial score (nSPS) is 19.6. The Bertz CT molecular complexity index is 1300. The van der Waals surface area contributed by atoms with Gasteiger partial charge < -0.3 is 45.1 Å². The van der Waals surface area contributed by atoms with Gasteiger partial charge in [-0.3, -0.25) is 9.59 Å². The minimum Gasteiger partial charge on any atom is -0.465 e. The van der Waals surface area contributed by atoms with Crippen LogP contribution in [0.5, 0.6) is 0 Å². The van der Waals surface area contributed by atoms with Crippen molar-refractivity contribution in [2.75, 3.05) is 19.8 Å². The summed E-state index contributed by atoms with van der Waals surface area (Å²) in [6.45, 7) is 4.15. The predicted octanol–water partition coefficient (Wildman–Crippen LogP) is 12.9. The Morgan fingerprint density at radius 2 is 0.971 bits per heavy atom. The third-order valence-electron chi connectivity index (χ3n) is 13.4. The molecule has 0 aliphatic carbocycles. The highest BCUT2D eigenvalue weighted by atomic mass is 16.7. The number of nitrogens with one attached hydrogen (secondary N) is 1. The van der Waals surface area contributed by atoms with E-state index < -0.39 is 49.5 Å². The summed E-state index contributed by atoms with van der Waals surface area (Å²) in [5.74, 6) is -0.249. The van der Waals surface area contributed by atoms with Gasteiger partial charge in [-0.2, -0.15) is 0 Å². The highest BCUT2D eigenvalue weighted by Crippen LogP contribution is 2.23. The van der Waals surface area contributed by atoms with E-state index >= 15 is 0 Å². The number of ether oxygens (including phenoxy) is 3. The lowest BCUT2D eigenvalue weighted by Gasteiger charge is -2.40. The summed E-state index contributed by atoms with van der Waals surface area (Å²) in [7, 11) is 0. The van der Waals surface area contributed by atoms with Crippen LogP contribution >= 0.6 is 0 Å². The molecule has 1 amide bonds. The fourth-order valence-corrected chi connectivity index (χ4v) is 8.82. The van der Waals surface area contributed by atoms with Gasteiger partial charge in [-0.1, -0.05) is 223 Å². The molecule has 0 spiro atoms. The topological polar surface area (TPSA) is 175 Å². The lowest BCUT2D eigenvalue weighted by atomic mass is 9.99. The van der Waals surface area contributed by atoms with Crippen molar-refractivity contribution < 1.29 is 49.3 Å². The van der Waals surface area contributed by atoms with Gasteiger partial charge in [0.15, 0.2) is 6.29 Å². The highest BCUT2D eigenvalue weighted by molar-refractivity contribution is 5.76. The molecule has 70 heavy (non-hydrogen) atoms. The van der Waals surface area contributed by atoms with Gasteiger partial charge in [-0.05, 0) is 64.2 Å². The SMILES string of the molecule is CCCCC/C=C/CC/C=C/C(O)C(COC1OC(CO)C(O)C(O)C1O)NC(=O)CCCCCCCCCCCCCCCC/C=C\C/C=C\CCOC(=O)CCCCCCCCCCCCCC. The van der Waals surface area contributed by atoms with Crippen LogP contribution in [0.2, 0.25) is 0 Å². The van der Waals surface area contributed by atoms with E-state index in [-0.39, 0.29) is 18.5 Å². The quantitative estimate of drug-likeness (QED) is 0.0196. The second kappa shape index (κ2) is 48.9. The van der Waals surface area contributed by atoms with E-state index in [1.54, 1.807) is 6.08 Å². The van der Waals surface area contributed by atoms with Gasteiger partial charge in [0.25, 0.3) is 0 Å². The monoisotopic (exact) mass is 990 g/mol. The first kappa shape index (κ1) is 65.6. The molecule has 1 heterocycles. The zero-order valence-corrected chi connectivity index (χ0v) is 44.7. The molecular formula is C59H107NO10. The fraction of sp³-hybridized carbons (Fsp3) is 0.831. The molecule has 1 saturated heterocycles. The van der Waals surface area contributed by atoms with Gasteiger partial charge in [-0.25, -0.2) is 0 Å². The van der Waals surface area contributed by atoms with Crippen LogP contribution in [0, 0.1) is 0 Å². The fourth-order valence-electron chi connectivity index (χ4n) is 8.82. The van der Waals surface area contributed by atoms with Crippen molar-refractivity contribution in [3.63, 3.8) is 0 Å². The average Bonchev–Trinajstić information content (AvgIpc) is 3.36. The van der Waals surface area contributed by atoms with Crippen molar-refractivity contribution >= 4 is 11.9 Å². The van der Waals surface area contributed by atoms with Gasteiger partial charge in [0.05, 0.1) is 32.0 Å². The molecule has 0 radical (unpaired) electrons. The van der Waals surface area contributed by atoms with E-state index in [2.05, 4.69) is 55.6 Å². The Morgan fingerprint density at radius 1 is 0.529 bits per heavy atom. The van der Waals surface area contributed by atoms with Gasteiger partial charge in [0.1, 0.15) is 24.4 Å². The van der Waals surface area contributed by atoms with Crippen molar-refractivity contribution in [2.45, 2.75) is 294 Å². The molecule has 11 heteroatoms. The van der Waals surface area contributed by atoms with Gasteiger partial charge in [-0.15, -0.1) is 0 Å². The summed E-state index contributed by atoms with van der Waals surface area (Å²) >= 11 is 0. The predicted molar refractivity (Wildman–Crippen MR) is 287 cm³/mol. The van der Waals surface area contributed by atoms with Crippen LogP contribution in [0.4, 0.5) is 0 Å². The Morgan fingerprint density at radius 3 is 1.53 bits per heavy atom. The van der Waals surface area contributed by atoms with Gasteiger partial charge in [0.2, 0.25) is 5.91 Å². The Hall–Kier alpha value is -2.38. The molecule has 0 aromatic heterocycles. The standard InChI is InChI=1S/C59H107NO10/c1-3-5-7-9-11-13-14-27-31-35-39-43-47-55(64)68-48-44-40-36-32-28-25-23-21-19-17-15-16-18-20-22-24-26-30-34-38-42-46-54(63)60-51(52(62)45-41-37-33-29-12-10-8-6-4-2)50-69-59-58(67)57(66)56(65)53(49-61)70-59/h12,25,28-29,36,40-41,45,51-53,56-59,61-62,65-67H,3-11,13-24,26-27,30-35,37-39,42-44,46-50H2,1-2H3,(H,60,63)/b28-25-,29-12+,40-36-,45-41+. The van der Waals surface area contributed by atoms with E-state index in [9.17, 15) is 35.1 Å².